The first-order valence-electron chi connectivity index (χ1n) is 13.5. The van der Waals surface area contributed by atoms with E-state index in [9.17, 15) is 4.79 Å². The topological polar surface area (TPSA) is 38.7 Å². The normalized spacial score (nSPS) is 12.1. The largest absolute Gasteiger partial charge is 0.378 e. The Balaban J connectivity index is 3.67. The number of hydrogen-bond donors (Lipinski definition) is 0. The minimum Gasteiger partial charge on any atom is -0.378 e. The molecule has 0 amide bonds. The van der Waals surface area contributed by atoms with Crippen molar-refractivity contribution in [2.45, 2.75) is 155 Å². The lowest BCUT2D eigenvalue weighted by Gasteiger charge is -2.17. The summed E-state index contributed by atoms with van der Waals surface area (Å²) in [6.45, 7) is 6.05. The van der Waals surface area contributed by atoms with Crippen molar-refractivity contribution in [1.82, 2.24) is 0 Å². The summed E-state index contributed by atoms with van der Waals surface area (Å²) in [7, 11) is 0. The molecule has 0 saturated heterocycles. The summed E-state index contributed by atoms with van der Waals surface area (Å²) in [6.07, 6.45) is 29.6. The molecule has 0 radical (unpaired) electrons. The van der Waals surface area contributed by atoms with E-state index < -0.39 is 0 Å². The molecule has 0 aliphatic carbocycles. The van der Waals surface area contributed by atoms with Gasteiger partial charge in [0.2, 0.25) is 6.08 Å². The average Bonchev–Trinajstić information content (AvgIpc) is 2.76. The van der Waals surface area contributed by atoms with Crippen LogP contribution in [0.15, 0.2) is 4.99 Å². The summed E-state index contributed by atoms with van der Waals surface area (Å²) in [6, 6.07) is 0. The van der Waals surface area contributed by atoms with Crippen LogP contribution in [0.3, 0.4) is 0 Å². The van der Waals surface area contributed by atoms with Gasteiger partial charge >= 0.3 is 0 Å². The molecule has 0 aromatic heterocycles. The molecule has 30 heavy (non-hydrogen) atoms. The quantitative estimate of drug-likeness (QED) is 0.0834. The zero-order valence-electron chi connectivity index (χ0n) is 20.6. The molecule has 0 spiro atoms. The summed E-state index contributed by atoms with van der Waals surface area (Å²) in [5.41, 5.74) is 0. The van der Waals surface area contributed by atoms with Crippen molar-refractivity contribution >= 4 is 6.08 Å². The van der Waals surface area contributed by atoms with E-state index in [-0.39, 0.29) is 0 Å². The highest BCUT2D eigenvalue weighted by atomic mass is 16.5. The fraction of sp³-hybridized carbons (Fsp3) is 0.963. The van der Waals surface area contributed by atoms with E-state index in [1.807, 2.05) is 0 Å². The SMILES string of the molecule is CCCCCCCCCCCCCOC(CCCCCCCCC)CCCN=C=O. The highest BCUT2D eigenvalue weighted by molar-refractivity contribution is 5.32. The Morgan fingerprint density at radius 2 is 1.03 bits per heavy atom. The number of carbonyl (C=O) groups excluding carboxylic acids is 1. The van der Waals surface area contributed by atoms with Crippen LogP contribution in [-0.4, -0.2) is 25.3 Å². The first-order chi connectivity index (χ1) is 14.8. The number of aliphatic imine (C=N–C) groups is 1. The number of nitrogens with zero attached hydrogens (tertiary/aromatic N) is 1. The van der Waals surface area contributed by atoms with E-state index in [0.29, 0.717) is 12.6 Å². The van der Waals surface area contributed by atoms with Crippen LogP contribution in [0, 0.1) is 0 Å². The van der Waals surface area contributed by atoms with Gasteiger partial charge in [0.15, 0.2) is 0 Å². The molecule has 0 aromatic carbocycles. The third-order valence-corrected chi connectivity index (χ3v) is 6.09. The summed E-state index contributed by atoms with van der Waals surface area (Å²) < 4.78 is 6.21. The van der Waals surface area contributed by atoms with E-state index in [1.165, 1.54) is 116 Å². The maximum absolute atomic E-state index is 10.2. The van der Waals surface area contributed by atoms with Gasteiger partial charge < -0.3 is 4.74 Å². The molecule has 1 atom stereocenters. The highest BCUT2D eigenvalue weighted by Gasteiger charge is 2.09. The van der Waals surface area contributed by atoms with Crippen LogP contribution in [0.1, 0.15) is 149 Å². The predicted molar refractivity (Wildman–Crippen MR) is 131 cm³/mol. The Hall–Kier alpha value is -0.660. The van der Waals surface area contributed by atoms with Crippen LogP contribution in [-0.2, 0) is 9.53 Å². The molecule has 0 bridgehead atoms. The molecule has 3 nitrogen and oxygen atoms in total. The predicted octanol–water partition coefficient (Wildman–Crippen LogP) is 8.94. The van der Waals surface area contributed by atoms with Crippen molar-refractivity contribution in [2.24, 2.45) is 4.99 Å². The van der Waals surface area contributed by atoms with Crippen LogP contribution < -0.4 is 0 Å². The molecule has 0 aliphatic rings. The number of isocyanates is 1. The van der Waals surface area contributed by atoms with Gasteiger partial charge in [0.1, 0.15) is 0 Å². The van der Waals surface area contributed by atoms with Crippen molar-refractivity contribution in [3.8, 4) is 0 Å². The molecule has 1 unspecified atom stereocenters. The van der Waals surface area contributed by atoms with Crippen molar-refractivity contribution < 1.29 is 9.53 Å². The van der Waals surface area contributed by atoms with E-state index >= 15 is 0 Å². The molecular weight excluding hydrogens is 370 g/mol. The van der Waals surface area contributed by atoms with Crippen molar-refractivity contribution in [2.75, 3.05) is 13.2 Å². The van der Waals surface area contributed by atoms with E-state index in [4.69, 9.17) is 4.74 Å². The van der Waals surface area contributed by atoms with Crippen LogP contribution in [0.4, 0.5) is 0 Å². The Morgan fingerprint density at radius 1 is 0.600 bits per heavy atom. The lowest BCUT2D eigenvalue weighted by atomic mass is 10.0. The molecule has 0 fully saturated rings. The Labute approximate surface area is 188 Å². The third kappa shape index (κ3) is 23.6. The minimum absolute atomic E-state index is 0.352. The van der Waals surface area contributed by atoms with Gasteiger partial charge in [-0.05, 0) is 25.7 Å². The van der Waals surface area contributed by atoms with E-state index in [1.54, 1.807) is 6.08 Å². The summed E-state index contributed by atoms with van der Waals surface area (Å²) in [5, 5.41) is 0. The van der Waals surface area contributed by atoms with Crippen LogP contribution in [0.25, 0.3) is 0 Å². The fourth-order valence-corrected chi connectivity index (χ4v) is 4.10. The smallest absolute Gasteiger partial charge is 0.234 e. The van der Waals surface area contributed by atoms with Gasteiger partial charge in [-0.2, -0.15) is 0 Å². The van der Waals surface area contributed by atoms with Gasteiger partial charge in [-0.15, -0.1) is 0 Å². The molecule has 3 heteroatoms. The number of hydrogen-bond acceptors (Lipinski definition) is 3. The summed E-state index contributed by atoms with van der Waals surface area (Å²) >= 11 is 0. The van der Waals surface area contributed by atoms with Crippen LogP contribution in [0.2, 0.25) is 0 Å². The lowest BCUT2D eigenvalue weighted by Crippen LogP contribution is -2.14. The first-order valence-corrected chi connectivity index (χ1v) is 13.5. The minimum atomic E-state index is 0.352. The average molecular weight is 424 g/mol. The standard InChI is InChI=1S/C27H53NO2/c1-3-5-7-9-11-12-13-14-16-18-20-25-30-27(23-21-24-28-26-29)22-19-17-15-10-8-6-4-2/h27H,3-25H2,1-2H3. The molecule has 178 valence electrons. The second-order valence-corrected chi connectivity index (χ2v) is 9.05. The maximum atomic E-state index is 10.2. The molecule has 0 aromatic rings. The van der Waals surface area contributed by atoms with Gasteiger partial charge in [-0.1, -0.05) is 123 Å². The zero-order valence-corrected chi connectivity index (χ0v) is 20.6. The molecule has 0 saturated carbocycles. The Morgan fingerprint density at radius 3 is 1.53 bits per heavy atom. The van der Waals surface area contributed by atoms with Gasteiger partial charge in [0.25, 0.3) is 0 Å². The van der Waals surface area contributed by atoms with E-state index in [2.05, 4.69) is 18.8 Å². The van der Waals surface area contributed by atoms with Gasteiger partial charge in [-0.25, -0.2) is 9.79 Å². The first kappa shape index (κ1) is 29.3. The summed E-state index contributed by atoms with van der Waals surface area (Å²) in [5.74, 6) is 0. The Bertz CT molecular complexity index is 366. The molecule has 0 heterocycles. The Kier molecular flexibility index (Phi) is 25.8. The summed E-state index contributed by atoms with van der Waals surface area (Å²) in [4.78, 5) is 13.9. The van der Waals surface area contributed by atoms with E-state index in [0.717, 1.165) is 25.9 Å². The second kappa shape index (κ2) is 26.4. The van der Waals surface area contributed by atoms with Crippen LogP contribution in [0.5, 0.6) is 0 Å². The number of rotatable bonds is 25. The highest BCUT2D eigenvalue weighted by Crippen LogP contribution is 2.16. The molecular formula is C27H53NO2. The van der Waals surface area contributed by atoms with Crippen LogP contribution >= 0.6 is 0 Å². The molecule has 0 N–H and O–H groups in total. The van der Waals surface area contributed by atoms with Crippen molar-refractivity contribution in [1.29, 1.82) is 0 Å². The van der Waals surface area contributed by atoms with Gasteiger partial charge in [-0.3, -0.25) is 0 Å². The molecule has 0 aliphatic heterocycles. The zero-order chi connectivity index (χ0) is 22.0. The second-order valence-electron chi connectivity index (χ2n) is 9.05. The van der Waals surface area contributed by atoms with Crippen molar-refractivity contribution in [3.05, 3.63) is 0 Å². The third-order valence-electron chi connectivity index (χ3n) is 6.09. The van der Waals surface area contributed by atoms with Gasteiger partial charge in [0, 0.05) is 6.61 Å². The lowest BCUT2D eigenvalue weighted by molar-refractivity contribution is 0.0366. The number of ether oxygens (including phenoxy) is 1. The monoisotopic (exact) mass is 423 g/mol. The maximum Gasteiger partial charge on any atom is 0.234 e. The molecule has 0 rings (SSSR count). The van der Waals surface area contributed by atoms with Gasteiger partial charge in [0.05, 0.1) is 12.6 Å². The number of unbranched alkanes of at least 4 members (excludes halogenated alkanes) is 16. The fourth-order valence-electron chi connectivity index (χ4n) is 4.10. The van der Waals surface area contributed by atoms with Crippen molar-refractivity contribution in [3.63, 3.8) is 0 Å².